The van der Waals surface area contributed by atoms with Gasteiger partial charge in [0.25, 0.3) is 0 Å². The molecule has 0 aliphatic heterocycles. The van der Waals surface area contributed by atoms with Crippen LogP contribution < -0.4 is 10.1 Å². The van der Waals surface area contributed by atoms with Gasteiger partial charge in [-0.25, -0.2) is 14.4 Å². The second-order valence-electron chi connectivity index (χ2n) is 4.48. The van der Waals surface area contributed by atoms with E-state index in [9.17, 15) is 4.39 Å². The third-order valence-corrected chi connectivity index (χ3v) is 4.42. The third kappa shape index (κ3) is 2.84. The number of hydrogen-bond donors (Lipinski definition) is 1. The number of anilines is 2. The maximum Gasteiger partial charge on any atom is 0.141 e. The van der Waals surface area contributed by atoms with Crippen molar-refractivity contribution < 1.29 is 9.13 Å². The van der Waals surface area contributed by atoms with E-state index in [2.05, 4.69) is 31.2 Å². The zero-order chi connectivity index (χ0) is 15.7. The van der Waals surface area contributed by atoms with Gasteiger partial charge in [0.05, 0.1) is 22.1 Å². The van der Waals surface area contributed by atoms with Gasteiger partial charge in [0.1, 0.15) is 23.7 Å². The molecule has 0 spiro atoms. The Kier molecular flexibility index (Phi) is 4.13. The Labute approximate surface area is 139 Å². The van der Waals surface area contributed by atoms with Gasteiger partial charge in [-0.1, -0.05) is 11.6 Å². The van der Waals surface area contributed by atoms with E-state index in [1.54, 1.807) is 13.2 Å². The van der Waals surface area contributed by atoms with Gasteiger partial charge in [-0.05, 0) is 46.3 Å². The van der Waals surface area contributed by atoms with Gasteiger partial charge in [0.2, 0.25) is 0 Å². The lowest BCUT2D eigenvalue weighted by atomic mass is 10.2. The predicted octanol–water partition coefficient (Wildman–Crippen LogP) is 4.94. The smallest absolute Gasteiger partial charge is 0.141 e. The summed E-state index contributed by atoms with van der Waals surface area (Å²) in [7, 11) is 1.59. The van der Waals surface area contributed by atoms with Gasteiger partial charge in [-0.15, -0.1) is 0 Å². The molecule has 0 radical (unpaired) electrons. The maximum absolute atomic E-state index is 13.8. The molecule has 0 atom stereocenters. The van der Waals surface area contributed by atoms with E-state index in [0.29, 0.717) is 17.3 Å². The van der Waals surface area contributed by atoms with Crippen LogP contribution in [0.5, 0.6) is 5.75 Å². The summed E-state index contributed by atoms with van der Waals surface area (Å²) in [5, 5.41) is 4.10. The number of hydrogen-bond acceptors (Lipinski definition) is 4. The Morgan fingerprint density at radius 2 is 2.05 bits per heavy atom. The fourth-order valence-corrected chi connectivity index (χ4v) is 2.46. The zero-order valence-electron chi connectivity index (χ0n) is 11.4. The molecule has 0 aliphatic carbocycles. The molecule has 22 heavy (non-hydrogen) atoms. The summed E-state index contributed by atoms with van der Waals surface area (Å²) in [5.41, 5.74) is 1.25. The molecule has 0 bridgehead atoms. The molecule has 0 saturated carbocycles. The van der Waals surface area contributed by atoms with Crippen LogP contribution in [0, 0.1) is 5.82 Å². The second-order valence-corrected chi connectivity index (χ2v) is 5.68. The van der Waals surface area contributed by atoms with Crippen LogP contribution in [0.15, 0.2) is 41.1 Å². The Balaban J connectivity index is 2.07. The molecule has 3 aromatic rings. The zero-order valence-corrected chi connectivity index (χ0v) is 13.7. The van der Waals surface area contributed by atoms with E-state index in [1.165, 1.54) is 12.4 Å². The van der Waals surface area contributed by atoms with Crippen molar-refractivity contribution in [3.63, 3.8) is 0 Å². The first-order valence-electron chi connectivity index (χ1n) is 6.29. The van der Waals surface area contributed by atoms with Crippen molar-refractivity contribution >= 4 is 49.9 Å². The van der Waals surface area contributed by atoms with Crippen LogP contribution in [0.25, 0.3) is 10.9 Å². The van der Waals surface area contributed by atoms with Crippen molar-refractivity contribution in [2.75, 3.05) is 12.4 Å². The number of rotatable bonds is 3. The largest absolute Gasteiger partial charge is 0.497 e. The van der Waals surface area contributed by atoms with E-state index in [-0.39, 0.29) is 9.50 Å². The summed E-state index contributed by atoms with van der Waals surface area (Å²) in [6.45, 7) is 0. The van der Waals surface area contributed by atoms with Crippen molar-refractivity contribution in [1.82, 2.24) is 9.97 Å². The Hall–Kier alpha value is -1.92. The van der Waals surface area contributed by atoms with Gasteiger partial charge < -0.3 is 10.1 Å². The minimum absolute atomic E-state index is 0.230. The van der Waals surface area contributed by atoms with Crippen LogP contribution in [0.2, 0.25) is 5.02 Å². The lowest BCUT2D eigenvalue weighted by molar-refractivity contribution is 0.415. The highest BCUT2D eigenvalue weighted by Crippen LogP contribution is 2.32. The summed E-state index contributed by atoms with van der Waals surface area (Å²) in [6, 6.07) is 8.41. The van der Waals surface area contributed by atoms with Gasteiger partial charge in [-0.2, -0.15) is 0 Å². The fraction of sp³-hybridized carbons (Fsp3) is 0.0667. The molecule has 1 aromatic heterocycles. The molecule has 7 heteroatoms. The average Bonchev–Trinajstić information content (AvgIpc) is 2.52. The predicted molar refractivity (Wildman–Crippen MR) is 88.5 cm³/mol. The molecule has 0 saturated heterocycles. The molecule has 1 heterocycles. The maximum atomic E-state index is 13.8. The van der Waals surface area contributed by atoms with Crippen molar-refractivity contribution in [2.24, 2.45) is 0 Å². The van der Waals surface area contributed by atoms with Crippen molar-refractivity contribution in [3.8, 4) is 5.75 Å². The first-order chi connectivity index (χ1) is 10.6. The molecule has 3 rings (SSSR count). The van der Waals surface area contributed by atoms with Gasteiger partial charge >= 0.3 is 0 Å². The Morgan fingerprint density at radius 1 is 1.23 bits per heavy atom. The summed E-state index contributed by atoms with van der Waals surface area (Å²) in [6.07, 6.45) is 1.44. The summed E-state index contributed by atoms with van der Waals surface area (Å²) in [4.78, 5) is 8.40. The number of nitrogens with zero attached hydrogens (tertiary/aromatic N) is 2. The molecule has 2 aromatic carbocycles. The Morgan fingerprint density at radius 3 is 2.77 bits per heavy atom. The van der Waals surface area contributed by atoms with Crippen LogP contribution in [-0.4, -0.2) is 17.1 Å². The van der Waals surface area contributed by atoms with E-state index in [4.69, 9.17) is 16.3 Å². The third-order valence-electron chi connectivity index (χ3n) is 3.09. The summed E-state index contributed by atoms with van der Waals surface area (Å²) >= 11 is 9.05. The van der Waals surface area contributed by atoms with Crippen LogP contribution in [0.4, 0.5) is 15.9 Å². The monoisotopic (exact) mass is 381 g/mol. The van der Waals surface area contributed by atoms with E-state index >= 15 is 0 Å². The molecule has 112 valence electrons. The standard InChI is InChI=1S/C15H10BrClFN3O/c1-22-9-2-3-13-10(6-9)15(20-7-19-13)21-8-4-11(17)14(16)12(18)5-8/h2-7H,1H3,(H,19,20,21). The van der Waals surface area contributed by atoms with Crippen molar-refractivity contribution in [1.29, 1.82) is 0 Å². The first-order valence-corrected chi connectivity index (χ1v) is 7.46. The van der Waals surface area contributed by atoms with Crippen molar-refractivity contribution in [3.05, 3.63) is 52.0 Å². The molecule has 1 N–H and O–H groups in total. The highest BCUT2D eigenvalue weighted by atomic mass is 79.9. The number of nitrogens with one attached hydrogen (secondary N) is 1. The van der Waals surface area contributed by atoms with Crippen LogP contribution in [-0.2, 0) is 0 Å². The highest BCUT2D eigenvalue weighted by molar-refractivity contribution is 9.10. The molecule has 0 unspecified atom stereocenters. The number of methoxy groups -OCH3 is 1. The Bertz CT molecular complexity index is 836. The molecule has 0 fully saturated rings. The van der Waals surface area contributed by atoms with Gasteiger partial charge in [-0.3, -0.25) is 0 Å². The van der Waals surface area contributed by atoms with Crippen LogP contribution in [0.1, 0.15) is 0 Å². The van der Waals surface area contributed by atoms with E-state index < -0.39 is 5.82 Å². The number of halogens is 3. The minimum atomic E-state index is -0.453. The number of ether oxygens (including phenoxy) is 1. The van der Waals surface area contributed by atoms with Gasteiger partial charge in [0, 0.05) is 11.1 Å². The quantitative estimate of drug-likeness (QED) is 0.652. The molecule has 0 aliphatic rings. The SMILES string of the molecule is COc1ccc2ncnc(Nc3cc(F)c(Br)c(Cl)c3)c2c1. The highest BCUT2D eigenvalue weighted by Gasteiger charge is 2.10. The minimum Gasteiger partial charge on any atom is -0.497 e. The molecular formula is C15H10BrClFN3O. The number of benzene rings is 2. The lowest BCUT2D eigenvalue weighted by Crippen LogP contribution is -1.97. The number of fused-ring (bicyclic) bond motifs is 1. The topological polar surface area (TPSA) is 47.0 Å². The summed E-state index contributed by atoms with van der Waals surface area (Å²) < 4.78 is 19.2. The van der Waals surface area contributed by atoms with Crippen LogP contribution >= 0.6 is 27.5 Å². The van der Waals surface area contributed by atoms with E-state index in [0.717, 1.165) is 10.9 Å². The number of aromatic nitrogens is 2. The molecular weight excluding hydrogens is 373 g/mol. The molecule has 0 amide bonds. The first kappa shape index (κ1) is 15.0. The van der Waals surface area contributed by atoms with E-state index in [1.807, 2.05) is 18.2 Å². The van der Waals surface area contributed by atoms with Gasteiger partial charge in [0.15, 0.2) is 0 Å². The van der Waals surface area contributed by atoms with Crippen molar-refractivity contribution in [2.45, 2.75) is 0 Å². The summed E-state index contributed by atoms with van der Waals surface area (Å²) in [5.74, 6) is 0.776. The second kappa shape index (κ2) is 6.06. The molecule has 4 nitrogen and oxygen atoms in total. The fourth-order valence-electron chi connectivity index (χ4n) is 2.03. The normalized spacial score (nSPS) is 10.7. The van der Waals surface area contributed by atoms with Crippen LogP contribution in [0.3, 0.4) is 0 Å². The lowest BCUT2D eigenvalue weighted by Gasteiger charge is -2.10. The average molecular weight is 383 g/mol.